The maximum atomic E-state index is 9.85. The van der Waals surface area contributed by atoms with E-state index in [9.17, 15) is 5.11 Å². The number of benzene rings is 1. The van der Waals surface area contributed by atoms with E-state index in [0.717, 1.165) is 0 Å². The monoisotopic (exact) mass is 209 g/mol. The highest BCUT2D eigenvalue weighted by Gasteiger charge is 2.20. The van der Waals surface area contributed by atoms with Crippen molar-refractivity contribution in [1.82, 2.24) is 0 Å². The van der Waals surface area contributed by atoms with Gasteiger partial charge in [-0.05, 0) is 12.5 Å². The Labute approximate surface area is 88.7 Å². The average Bonchev–Trinajstić information content (AvgIpc) is 2.20. The molecule has 0 aromatic heterocycles. The summed E-state index contributed by atoms with van der Waals surface area (Å²) in [6.07, 6.45) is -0.179. The molecule has 1 aromatic rings. The highest BCUT2D eigenvalue weighted by atomic mass is 35.5. The summed E-state index contributed by atoms with van der Waals surface area (Å²) in [6, 6.07) is 9.12. The van der Waals surface area contributed by atoms with Crippen molar-refractivity contribution in [3.63, 3.8) is 0 Å². The van der Waals surface area contributed by atoms with E-state index in [1.165, 1.54) is 0 Å². The number of nitriles is 1. The lowest BCUT2D eigenvalue weighted by Gasteiger charge is -2.16. The lowest BCUT2D eigenvalue weighted by atomic mass is 9.95. The van der Waals surface area contributed by atoms with Crippen LogP contribution < -0.4 is 0 Å². The van der Waals surface area contributed by atoms with Gasteiger partial charge < -0.3 is 5.11 Å². The molecule has 0 aliphatic carbocycles. The minimum absolute atomic E-state index is 0.394. The Morgan fingerprint density at radius 1 is 1.50 bits per heavy atom. The molecular formula is C11H12ClNO. The number of aliphatic hydroxyl groups excluding tert-OH is 1. The molecule has 1 rings (SSSR count). The fourth-order valence-corrected chi connectivity index (χ4v) is 1.56. The Morgan fingerprint density at radius 2 is 2.14 bits per heavy atom. The molecule has 74 valence electrons. The van der Waals surface area contributed by atoms with E-state index in [1.807, 2.05) is 6.92 Å². The largest absolute Gasteiger partial charge is 0.387 e. The Balaban J connectivity index is 2.95. The van der Waals surface area contributed by atoms with Crippen molar-refractivity contribution in [2.45, 2.75) is 19.4 Å². The second-order valence-electron chi connectivity index (χ2n) is 3.11. The van der Waals surface area contributed by atoms with Gasteiger partial charge in [0.1, 0.15) is 0 Å². The van der Waals surface area contributed by atoms with Crippen LogP contribution in [0.4, 0.5) is 0 Å². The topological polar surface area (TPSA) is 44.0 Å². The third-order valence-corrected chi connectivity index (χ3v) is 2.55. The number of aliphatic hydroxyl groups is 1. The van der Waals surface area contributed by atoms with E-state index in [1.54, 1.807) is 24.3 Å². The van der Waals surface area contributed by atoms with Gasteiger partial charge in [-0.15, -0.1) is 0 Å². The van der Waals surface area contributed by atoms with Gasteiger partial charge in [0.15, 0.2) is 0 Å². The van der Waals surface area contributed by atoms with E-state index < -0.39 is 12.0 Å². The summed E-state index contributed by atoms with van der Waals surface area (Å²) >= 11 is 5.91. The van der Waals surface area contributed by atoms with Gasteiger partial charge in [-0.25, -0.2) is 0 Å². The van der Waals surface area contributed by atoms with Gasteiger partial charge in [0.05, 0.1) is 18.1 Å². The molecule has 0 amide bonds. The van der Waals surface area contributed by atoms with Crippen LogP contribution in [-0.2, 0) is 0 Å². The van der Waals surface area contributed by atoms with Gasteiger partial charge in [0, 0.05) is 10.6 Å². The van der Waals surface area contributed by atoms with E-state index >= 15 is 0 Å². The fourth-order valence-electron chi connectivity index (χ4n) is 1.32. The van der Waals surface area contributed by atoms with Gasteiger partial charge in [-0.1, -0.05) is 36.7 Å². The van der Waals surface area contributed by atoms with Crippen molar-refractivity contribution in [2.75, 3.05) is 0 Å². The molecule has 0 heterocycles. The maximum absolute atomic E-state index is 9.85. The predicted octanol–water partition coefficient (Wildman–Crippen LogP) is 2.92. The van der Waals surface area contributed by atoms with Crippen molar-refractivity contribution >= 4 is 11.6 Å². The summed E-state index contributed by atoms with van der Waals surface area (Å²) in [7, 11) is 0. The van der Waals surface area contributed by atoms with Crippen LogP contribution in [0.25, 0.3) is 0 Å². The summed E-state index contributed by atoms with van der Waals surface area (Å²) in [5.74, 6) is -0.394. The van der Waals surface area contributed by atoms with Crippen LogP contribution in [0.5, 0.6) is 0 Å². The minimum atomic E-state index is -0.793. The molecular weight excluding hydrogens is 198 g/mol. The third kappa shape index (κ3) is 2.25. The van der Waals surface area contributed by atoms with Crippen LogP contribution in [0.3, 0.4) is 0 Å². The molecule has 0 bridgehead atoms. The van der Waals surface area contributed by atoms with E-state index in [2.05, 4.69) is 6.07 Å². The van der Waals surface area contributed by atoms with Crippen LogP contribution in [0.15, 0.2) is 24.3 Å². The van der Waals surface area contributed by atoms with E-state index in [0.29, 0.717) is 17.0 Å². The molecule has 0 radical (unpaired) electrons. The Morgan fingerprint density at radius 3 is 2.64 bits per heavy atom. The quantitative estimate of drug-likeness (QED) is 0.832. The number of rotatable bonds is 3. The van der Waals surface area contributed by atoms with Gasteiger partial charge in [0.25, 0.3) is 0 Å². The standard InChI is InChI=1S/C11H12ClNO/c1-2-8(7-13)11(14)9-5-3-4-6-10(9)12/h3-6,8,11,14H,2H2,1H3. The summed E-state index contributed by atoms with van der Waals surface area (Å²) in [5, 5.41) is 19.2. The molecule has 0 fully saturated rings. The van der Waals surface area contributed by atoms with Gasteiger partial charge in [-0.3, -0.25) is 0 Å². The molecule has 1 aromatic carbocycles. The highest BCUT2D eigenvalue weighted by Crippen LogP contribution is 2.29. The smallest absolute Gasteiger partial charge is 0.0962 e. The van der Waals surface area contributed by atoms with Gasteiger partial charge >= 0.3 is 0 Å². The molecule has 2 unspecified atom stereocenters. The summed E-state index contributed by atoms with van der Waals surface area (Å²) in [4.78, 5) is 0. The maximum Gasteiger partial charge on any atom is 0.0962 e. The van der Waals surface area contributed by atoms with Crippen LogP contribution >= 0.6 is 11.6 Å². The molecule has 0 spiro atoms. The SMILES string of the molecule is CCC(C#N)C(O)c1ccccc1Cl. The Hall–Kier alpha value is -1.04. The molecule has 3 heteroatoms. The molecule has 0 aliphatic heterocycles. The molecule has 0 aliphatic rings. The zero-order valence-electron chi connectivity index (χ0n) is 7.94. The number of halogens is 1. The van der Waals surface area contributed by atoms with Crippen molar-refractivity contribution in [3.05, 3.63) is 34.9 Å². The third-order valence-electron chi connectivity index (χ3n) is 2.21. The zero-order valence-corrected chi connectivity index (χ0v) is 8.70. The first-order chi connectivity index (χ1) is 6.70. The average molecular weight is 210 g/mol. The first kappa shape index (κ1) is 11.0. The minimum Gasteiger partial charge on any atom is -0.387 e. The molecule has 0 saturated carbocycles. The molecule has 2 nitrogen and oxygen atoms in total. The van der Waals surface area contributed by atoms with Crippen LogP contribution in [0.2, 0.25) is 5.02 Å². The predicted molar refractivity (Wildman–Crippen MR) is 55.8 cm³/mol. The van der Waals surface area contributed by atoms with Crippen LogP contribution in [0.1, 0.15) is 25.0 Å². The first-order valence-corrected chi connectivity index (χ1v) is 4.90. The van der Waals surface area contributed by atoms with Gasteiger partial charge in [-0.2, -0.15) is 5.26 Å². The zero-order chi connectivity index (χ0) is 10.6. The Bertz CT molecular complexity index is 345. The van der Waals surface area contributed by atoms with Gasteiger partial charge in [0.2, 0.25) is 0 Å². The second-order valence-corrected chi connectivity index (χ2v) is 3.52. The second kappa shape index (κ2) is 4.99. The van der Waals surface area contributed by atoms with Crippen molar-refractivity contribution in [2.24, 2.45) is 5.92 Å². The molecule has 14 heavy (non-hydrogen) atoms. The number of hydrogen-bond donors (Lipinski definition) is 1. The lowest BCUT2D eigenvalue weighted by Crippen LogP contribution is -2.10. The summed E-state index contributed by atoms with van der Waals surface area (Å²) in [6.45, 7) is 1.87. The fraction of sp³-hybridized carbons (Fsp3) is 0.364. The van der Waals surface area contributed by atoms with E-state index in [4.69, 9.17) is 16.9 Å². The highest BCUT2D eigenvalue weighted by molar-refractivity contribution is 6.31. The first-order valence-electron chi connectivity index (χ1n) is 4.52. The van der Waals surface area contributed by atoms with Crippen LogP contribution in [-0.4, -0.2) is 5.11 Å². The van der Waals surface area contributed by atoms with Crippen LogP contribution in [0, 0.1) is 17.2 Å². The normalized spacial score (nSPS) is 14.4. The Kier molecular flexibility index (Phi) is 3.94. The van der Waals surface area contributed by atoms with E-state index in [-0.39, 0.29) is 0 Å². The lowest BCUT2D eigenvalue weighted by molar-refractivity contribution is 0.133. The van der Waals surface area contributed by atoms with Crippen molar-refractivity contribution in [3.8, 4) is 6.07 Å². The molecule has 2 atom stereocenters. The van der Waals surface area contributed by atoms with Crippen molar-refractivity contribution in [1.29, 1.82) is 5.26 Å². The number of hydrogen-bond acceptors (Lipinski definition) is 2. The molecule has 0 saturated heterocycles. The number of nitrogens with zero attached hydrogens (tertiary/aromatic N) is 1. The molecule has 1 N–H and O–H groups in total. The van der Waals surface area contributed by atoms with Crippen molar-refractivity contribution < 1.29 is 5.11 Å². The summed E-state index contributed by atoms with van der Waals surface area (Å²) in [5.41, 5.74) is 0.627. The summed E-state index contributed by atoms with van der Waals surface area (Å²) < 4.78 is 0.